The van der Waals surface area contributed by atoms with E-state index in [0.717, 1.165) is 0 Å². The van der Waals surface area contributed by atoms with Crippen molar-refractivity contribution in [2.24, 2.45) is 0 Å². The molecule has 2 aromatic heterocycles. The van der Waals surface area contributed by atoms with Gasteiger partial charge in [-0.25, -0.2) is 9.31 Å². The van der Waals surface area contributed by atoms with Gasteiger partial charge in [0.25, 0.3) is 0 Å². The predicted octanol–water partition coefficient (Wildman–Crippen LogP) is 0.385. The smallest absolute Gasteiger partial charge is 0.337 e. The minimum absolute atomic E-state index is 0.188. The number of nitrogens with zero attached hydrogens (tertiary/aromatic N) is 4. The summed E-state index contributed by atoms with van der Waals surface area (Å²) < 4.78 is 1.46. The van der Waals surface area contributed by atoms with Crippen molar-refractivity contribution in [3.63, 3.8) is 0 Å². The van der Waals surface area contributed by atoms with Crippen LogP contribution in [0.4, 0.5) is 0 Å². The largest absolute Gasteiger partial charge is 0.478 e. The first-order chi connectivity index (χ1) is 6.74. The summed E-state index contributed by atoms with van der Waals surface area (Å²) in [5.74, 6) is -0.986. The number of carboxylic acid groups (broad SMARTS) is 1. The molecule has 0 saturated carbocycles. The van der Waals surface area contributed by atoms with Gasteiger partial charge >= 0.3 is 5.97 Å². The molecular weight excluding hydrogens is 184 g/mol. The van der Waals surface area contributed by atoms with Crippen LogP contribution in [0.3, 0.4) is 0 Å². The van der Waals surface area contributed by atoms with Crippen molar-refractivity contribution in [2.45, 2.75) is 13.3 Å². The molecule has 0 atom stereocenters. The molecule has 2 rings (SSSR count). The fourth-order valence-corrected chi connectivity index (χ4v) is 1.36. The third-order valence-electron chi connectivity index (χ3n) is 2.02. The Morgan fingerprint density at radius 1 is 1.64 bits per heavy atom. The van der Waals surface area contributed by atoms with E-state index in [0.29, 0.717) is 17.6 Å². The van der Waals surface area contributed by atoms with Gasteiger partial charge in [0.05, 0.1) is 11.8 Å². The molecule has 0 unspecified atom stereocenters. The van der Waals surface area contributed by atoms with E-state index >= 15 is 0 Å². The monoisotopic (exact) mass is 192 g/mol. The van der Waals surface area contributed by atoms with E-state index in [1.165, 1.54) is 17.0 Å². The van der Waals surface area contributed by atoms with Crippen molar-refractivity contribution in [3.8, 4) is 0 Å². The predicted molar refractivity (Wildman–Crippen MR) is 47.1 cm³/mol. The van der Waals surface area contributed by atoms with E-state index in [9.17, 15) is 4.79 Å². The summed E-state index contributed by atoms with van der Waals surface area (Å²) in [6.07, 6.45) is 3.35. The average molecular weight is 192 g/mol. The molecule has 0 fully saturated rings. The van der Waals surface area contributed by atoms with Gasteiger partial charge in [-0.3, -0.25) is 0 Å². The Labute approximate surface area is 79.2 Å². The first-order valence-electron chi connectivity index (χ1n) is 4.15. The molecule has 1 N–H and O–H groups in total. The lowest BCUT2D eigenvalue weighted by molar-refractivity contribution is 0.0695. The third-order valence-corrected chi connectivity index (χ3v) is 2.02. The Morgan fingerprint density at radius 2 is 2.43 bits per heavy atom. The van der Waals surface area contributed by atoms with Gasteiger partial charge in [-0.1, -0.05) is 6.92 Å². The third kappa shape index (κ3) is 1.12. The van der Waals surface area contributed by atoms with Crippen LogP contribution in [0, 0.1) is 0 Å². The number of hydrogen-bond donors (Lipinski definition) is 1. The zero-order chi connectivity index (χ0) is 10.1. The summed E-state index contributed by atoms with van der Waals surface area (Å²) in [6, 6.07) is 0. The minimum atomic E-state index is -0.986. The highest BCUT2D eigenvalue weighted by Crippen LogP contribution is 2.12. The molecule has 0 spiro atoms. The van der Waals surface area contributed by atoms with Crippen molar-refractivity contribution in [2.75, 3.05) is 0 Å². The van der Waals surface area contributed by atoms with Crippen LogP contribution in [0.5, 0.6) is 0 Å². The molecule has 6 heteroatoms. The van der Waals surface area contributed by atoms with Crippen LogP contribution in [0.25, 0.3) is 5.65 Å². The van der Waals surface area contributed by atoms with Crippen molar-refractivity contribution in [1.29, 1.82) is 0 Å². The molecule has 0 aromatic carbocycles. The maximum Gasteiger partial charge on any atom is 0.337 e. The van der Waals surface area contributed by atoms with Crippen LogP contribution in [-0.4, -0.2) is 30.9 Å². The van der Waals surface area contributed by atoms with Crippen LogP contribution >= 0.6 is 0 Å². The zero-order valence-corrected chi connectivity index (χ0v) is 7.51. The maximum absolute atomic E-state index is 10.8. The quantitative estimate of drug-likeness (QED) is 0.744. The van der Waals surface area contributed by atoms with Crippen molar-refractivity contribution >= 4 is 11.6 Å². The van der Waals surface area contributed by atoms with Crippen LogP contribution < -0.4 is 0 Å². The van der Waals surface area contributed by atoms with E-state index in [4.69, 9.17) is 5.11 Å². The van der Waals surface area contributed by atoms with Gasteiger partial charge in [0.2, 0.25) is 0 Å². The summed E-state index contributed by atoms with van der Waals surface area (Å²) in [7, 11) is 0. The number of aryl methyl sites for hydroxylation is 1. The molecule has 0 aliphatic rings. The van der Waals surface area contributed by atoms with Gasteiger partial charge in [-0.05, 0) is 6.42 Å². The van der Waals surface area contributed by atoms with Gasteiger partial charge in [0.15, 0.2) is 5.65 Å². The number of rotatable bonds is 2. The number of hydrogen-bond acceptors (Lipinski definition) is 4. The normalized spacial score (nSPS) is 10.6. The molecule has 2 heterocycles. The number of aromatic nitrogens is 4. The van der Waals surface area contributed by atoms with Crippen LogP contribution in [0.15, 0.2) is 12.5 Å². The highest BCUT2D eigenvalue weighted by atomic mass is 16.4. The SMILES string of the molecule is CCc1c(C(=O)O)cnn2cnnc12. The summed E-state index contributed by atoms with van der Waals surface area (Å²) in [6.45, 7) is 1.87. The molecule has 0 amide bonds. The van der Waals surface area contributed by atoms with E-state index in [-0.39, 0.29) is 5.56 Å². The highest BCUT2D eigenvalue weighted by Gasteiger charge is 2.14. The van der Waals surface area contributed by atoms with Gasteiger partial charge in [-0.2, -0.15) is 5.10 Å². The second-order valence-corrected chi connectivity index (χ2v) is 2.79. The fraction of sp³-hybridized carbons (Fsp3) is 0.250. The summed E-state index contributed by atoms with van der Waals surface area (Å²) >= 11 is 0. The van der Waals surface area contributed by atoms with Crippen molar-refractivity contribution in [1.82, 2.24) is 19.8 Å². The van der Waals surface area contributed by atoms with Gasteiger partial charge in [0, 0.05) is 5.56 Å². The van der Waals surface area contributed by atoms with Crippen molar-refractivity contribution in [3.05, 3.63) is 23.7 Å². The zero-order valence-electron chi connectivity index (χ0n) is 7.51. The van der Waals surface area contributed by atoms with E-state index in [1.54, 1.807) is 0 Å². The first kappa shape index (κ1) is 8.61. The number of aromatic carboxylic acids is 1. The first-order valence-corrected chi connectivity index (χ1v) is 4.15. The average Bonchev–Trinajstić information content (AvgIpc) is 2.63. The van der Waals surface area contributed by atoms with Gasteiger partial charge in [0.1, 0.15) is 6.33 Å². The molecular formula is C8H8N4O2. The van der Waals surface area contributed by atoms with Crippen molar-refractivity contribution < 1.29 is 9.90 Å². The van der Waals surface area contributed by atoms with Gasteiger partial charge < -0.3 is 5.11 Å². The standard InChI is InChI=1S/C8H8N4O2/c1-2-5-6(8(13)14)3-10-12-4-9-11-7(5)12/h3-4H,2H2,1H3,(H,13,14). The Morgan fingerprint density at radius 3 is 3.07 bits per heavy atom. The van der Waals surface area contributed by atoms with E-state index < -0.39 is 5.97 Å². The topological polar surface area (TPSA) is 80.4 Å². The summed E-state index contributed by atoms with van der Waals surface area (Å²) in [5.41, 5.74) is 1.35. The number of fused-ring (bicyclic) bond motifs is 1. The Hall–Kier alpha value is -1.98. The number of carbonyl (C=O) groups is 1. The molecule has 0 radical (unpaired) electrons. The molecule has 0 aliphatic heterocycles. The van der Waals surface area contributed by atoms with Crippen LogP contribution in [-0.2, 0) is 6.42 Å². The molecule has 72 valence electrons. The Kier molecular flexibility index (Phi) is 1.88. The lowest BCUT2D eigenvalue weighted by atomic mass is 10.1. The summed E-state index contributed by atoms with van der Waals surface area (Å²) in [4.78, 5) is 10.8. The second kappa shape index (κ2) is 3.06. The van der Waals surface area contributed by atoms with Crippen LogP contribution in [0.2, 0.25) is 0 Å². The maximum atomic E-state index is 10.8. The molecule has 0 aliphatic carbocycles. The molecule has 0 saturated heterocycles. The molecule has 6 nitrogen and oxygen atoms in total. The number of carboxylic acids is 1. The Bertz CT molecular complexity index is 491. The second-order valence-electron chi connectivity index (χ2n) is 2.79. The Balaban J connectivity index is 2.78. The summed E-state index contributed by atoms with van der Waals surface area (Å²) in [5, 5.41) is 20.3. The van der Waals surface area contributed by atoms with Crippen LogP contribution in [0.1, 0.15) is 22.8 Å². The van der Waals surface area contributed by atoms with Gasteiger partial charge in [-0.15, -0.1) is 10.2 Å². The minimum Gasteiger partial charge on any atom is -0.478 e. The lowest BCUT2D eigenvalue weighted by Crippen LogP contribution is -2.06. The molecule has 14 heavy (non-hydrogen) atoms. The molecule has 0 bridgehead atoms. The fourth-order valence-electron chi connectivity index (χ4n) is 1.36. The molecule has 2 aromatic rings. The van der Waals surface area contributed by atoms with E-state index in [2.05, 4.69) is 15.3 Å². The van der Waals surface area contributed by atoms with E-state index in [1.807, 2.05) is 6.92 Å². The lowest BCUT2D eigenvalue weighted by Gasteiger charge is -2.02. The highest BCUT2D eigenvalue weighted by molar-refractivity contribution is 5.90.